The van der Waals surface area contributed by atoms with E-state index in [9.17, 15) is 48.6 Å². The molecule has 0 fully saturated rings. The Labute approximate surface area is 284 Å². The van der Waals surface area contributed by atoms with Crippen LogP contribution in [0.3, 0.4) is 0 Å². The third kappa shape index (κ3) is 16.3. The normalized spacial score (nSPS) is 15.2. The molecule has 7 atom stereocenters. The van der Waals surface area contributed by atoms with Crippen molar-refractivity contribution in [3.05, 3.63) is 0 Å². The summed E-state index contributed by atoms with van der Waals surface area (Å²) in [4.78, 5) is 101. The number of primary amides is 1. The molecule has 277 valence electrons. The molecule has 0 aromatic heterocycles. The molecular formula is C29H51N10O10. The third-order valence-electron chi connectivity index (χ3n) is 6.99. The lowest BCUT2D eigenvalue weighted by Gasteiger charge is -2.29. The van der Waals surface area contributed by atoms with Gasteiger partial charge < -0.3 is 54.0 Å². The zero-order valence-electron chi connectivity index (χ0n) is 28.4. The van der Waals surface area contributed by atoms with E-state index in [2.05, 4.69) is 26.6 Å². The molecule has 20 nitrogen and oxygen atoms in total. The number of carbonyl (C=O) groups excluding carboxylic acids is 8. The summed E-state index contributed by atoms with van der Waals surface area (Å²) in [5.74, 6) is -6.95. The van der Waals surface area contributed by atoms with E-state index in [1.54, 1.807) is 13.8 Å². The summed E-state index contributed by atoms with van der Waals surface area (Å²) in [6.45, 7) is 6.05. The van der Waals surface area contributed by atoms with Gasteiger partial charge in [0.25, 0.3) is 5.91 Å². The molecule has 0 aromatic rings. The van der Waals surface area contributed by atoms with Gasteiger partial charge >= 0.3 is 0 Å². The second-order valence-corrected chi connectivity index (χ2v) is 11.8. The average molecular weight is 700 g/mol. The molecular weight excluding hydrogens is 648 g/mol. The van der Waals surface area contributed by atoms with Crippen LogP contribution < -0.4 is 43.8 Å². The van der Waals surface area contributed by atoms with Crippen molar-refractivity contribution in [1.82, 2.24) is 31.5 Å². The molecule has 1 radical (unpaired) electrons. The zero-order chi connectivity index (χ0) is 38.0. The smallest absolute Gasteiger partial charge is 0.254 e. The number of aliphatic hydroxyl groups is 2. The Bertz CT molecular complexity index is 1200. The van der Waals surface area contributed by atoms with Gasteiger partial charge in [-0.15, -0.1) is 0 Å². The molecule has 0 rings (SSSR count). The van der Waals surface area contributed by atoms with Crippen LogP contribution in [0.15, 0.2) is 0 Å². The number of rotatable bonds is 22. The largest absolute Gasteiger partial charge is 0.394 e. The Kier molecular flexibility index (Phi) is 19.9. The summed E-state index contributed by atoms with van der Waals surface area (Å²) in [6, 6.07) is -8.59. The summed E-state index contributed by atoms with van der Waals surface area (Å²) >= 11 is 0. The van der Waals surface area contributed by atoms with E-state index in [1.165, 1.54) is 13.2 Å². The summed E-state index contributed by atoms with van der Waals surface area (Å²) in [6.07, 6.45) is -0.135. The highest BCUT2D eigenvalue weighted by molar-refractivity contribution is 6.01. The number of hydrogen-bond donors (Lipinski definition) is 11. The predicted molar refractivity (Wildman–Crippen MR) is 174 cm³/mol. The molecule has 49 heavy (non-hydrogen) atoms. The molecule has 0 aliphatic heterocycles. The zero-order valence-corrected chi connectivity index (χ0v) is 28.4. The van der Waals surface area contributed by atoms with Gasteiger partial charge in [-0.3, -0.25) is 48.7 Å². The van der Waals surface area contributed by atoms with Crippen LogP contribution in [0, 0.1) is 11.3 Å². The topological polar surface area (TPSA) is 342 Å². The predicted octanol–water partition coefficient (Wildman–Crippen LogP) is -4.93. The first-order valence-electron chi connectivity index (χ1n) is 15.6. The fourth-order valence-electron chi connectivity index (χ4n) is 4.43. The molecule has 0 bridgehead atoms. The molecule has 0 saturated carbocycles. The molecule has 0 heterocycles. The number of hydrogen-bond acceptors (Lipinski definition) is 12. The van der Waals surface area contributed by atoms with Gasteiger partial charge in [0.05, 0.1) is 18.8 Å². The number of imide groups is 1. The Hall–Kier alpha value is -4.69. The Morgan fingerprint density at radius 1 is 0.837 bits per heavy atom. The van der Waals surface area contributed by atoms with E-state index in [1.807, 2.05) is 0 Å². The minimum Gasteiger partial charge on any atom is -0.394 e. The standard InChI is InChI=1S/C29H51N10O10/c1-14(2)11-20(36-25(46)19(8-9-22(31)44)35-24(45)18(30)7-6-10-34-29(32)33)26(47)38-23(16(4)42)27(48)37-21(13-41)28(49)39(17(5)43)15(3)12-40/h14-16,18-21,23,41-42H,6-11,13,30H2,1-5H3,(H2,31,44)(H,35,45)(H,36,46)(H,37,48)(H,38,47)(H4,32,33,34)/t15-,16-,18+,19+,20+,21+,23+/m1/s1. The first-order valence-corrected chi connectivity index (χ1v) is 15.6. The second-order valence-electron chi connectivity index (χ2n) is 11.8. The monoisotopic (exact) mass is 699 g/mol. The van der Waals surface area contributed by atoms with Crippen LogP contribution in [0.25, 0.3) is 0 Å². The van der Waals surface area contributed by atoms with Crippen molar-refractivity contribution < 1.29 is 48.6 Å². The van der Waals surface area contributed by atoms with Crippen LogP contribution in [0.2, 0.25) is 0 Å². The minimum absolute atomic E-state index is 0.0102. The van der Waals surface area contributed by atoms with Crippen molar-refractivity contribution in [3.63, 3.8) is 0 Å². The third-order valence-corrected chi connectivity index (χ3v) is 6.99. The SMILES string of the molecule is CC(=O)N(C(=O)[C@H](CO)NC(=O)[C@@H](NC(=O)[C@H](CC(C)C)NC(=O)[C@H](CCC(N)=O)NC(=O)[C@@H](N)CCCNC(=N)N)[C@@H](C)O)[C@H](C)[C]=O. The number of aliphatic hydroxyl groups excluding tert-OH is 2. The van der Waals surface area contributed by atoms with Crippen LogP contribution in [-0.2, 0) is 38.4 Å². The molecule has 0 saturated heterocycles. The summed E-state index contributed by atoms with van der Waals surface area (Å²) < 4.78 is 0. The van der Waals surface area contributed by atoms with Gasteiger partial charge in [-0.2, -0.15) is 0 Å². The van der Waals surface area contributed by atoms with Crippen molar-refractivity contribution in [1.29, 1.82) is 5.41 Å². The van der Waals surface area contributed by atoms with Gasteiger partial charge in [0, 0.05) is 19.9 Å². The van der Waals surface area contributed by atoms with Crippen LogP contribution in [-0.4, -0.2) is 124 Å². The first-order chi connectivity index (χ1) is 22.8. The van der Waals surface area contributed by atoms with Gasteiger partial charge in [-0.25, -0.2) is 0 Å². The quantitative estimate of drug-likeness (QED) is 0.0287. The molecule has 0 aliphatic rings. The van der Waals surface area contributed by atoms with Gasteiger partial charge in [0.15, 0.2) is 5.96 Å². The average Bonchev–Trinajstić information content (AvgIpc) is 3.00. The van der Waals surface area contributed by atoms with Crippen LogP contribution in [0.4, 0.5) is 0 Å². The Morgan fingerprint density at radius 2 is 1.39 bits per heavy atom. The number of carbonyl (C=O) groups is 7. The molecule has 20 heteroatoms. The highest BCUT2D eigenvalue weighted by atomic mass is 16.3. The highest BCUT2D eigenvalue weighted by Gasteiger charge is 2.36. The van der Waals surface area contributed by atoms with E-state index in [0.29, 0.717) is 11.3 Å². The van der Waals surface area contributed by atoms with Crippen molar-refractivity contribution in [2.75, 3.05) is 13.2 Å². The maximum atomic E-state index is 13.4. The highest BCUT2D eigenvalue weighted by Crippen LogP contribution is 2.09. The van der Waals surface area contributed by atoms with Crippen molar-refractivity contribution >= 4 is 53.6 Å². The molecule has 14 N–H and O–H groups in total. The number of amides is 7. The van der Waals surface area contributed by atoms with E-state index in [4.69, 9.17) is 22.6 Å². The minimum atomic E-state index is -1.75. The summed E-state index contributed by atoms with van der Waals surface area (Å²) in [5.41, 5.74) is 16.4. The number of nitrogens with zero attached hydrogens (tertiary/aromatic N) is 1. The van der Waals surface area contributed by atoms with E-state index in [-0.39, 0.29) is 44.1 Å². The first kappa shape index (κ1) is 44.3. The van der Waals surface area contributed by atoms with E-state index < -0.39 is 90.3 Å². The lowest BCUT2D eigenvalue weighted by atomic mass is 10.0. The number of nitrogens with one attached hydrogen (secondary N) is 6. The van der Waals surface area contributed by atoms with E-state index in [0.717, 1.165) is 13.8 Å². The van der Waals surface area contributed by atoms with Crippen molar-refractivity contribution in [2.24, 2.45) is 23.1 Å². The lowest BCUT2D eigenvalue weighted by Crippen LogP contribution is -2.62. The van der Waals surface area contributed by atoms with Gasteiger partial charge in [-0.1, -0.05) is 13.8 Å². The molecule has 7 amide bonds. The molecule has 0 unspecified atom stereocenters. The molecule has 0 aliphatic carbocycles. The second kappa shape index (κ2) is 22.0. The maximum absolute atomic E-state index is 13.4. The van der Waals surface area contributed by atoms with Crippen molar-refractivity contribution in [2.45, 2.75) is 109 Å². The van der Waals surface area contributed by atoms with Crippen molar-refractivity contribution in [3.8, 4) is 0 Å². The summed E-state index contributed by atoms with van der Waals surface area (Å²) in [7, 11) is 0. The molecule has 0 aromatic carbocycles. The summed E-state index contributed by atoms with van der Waals surface area (Å²) in [5, 5.41) is 39.2. The Balaban J connectivity index is 5.96. The van der Waals surface area contributed by atoms with Gasteiger partial charge in [0.1, 0.15) is 30.2 Å². The van der Waals surface area contributed by atoms with Crippen LogP contribution >= 0.6 is 0 Å². The molecule has 0 spiro atoms. The number of nitrogens with two attached hydrogens (primary N) is 3. The van der Waals surface area contributed by atoms with Crippen LogP contribution in [0.5, 0.6) is 0 Å². The van der Waals surface area contributed by atoms with Gasteiger partial charge in [-0.05, 0) is 45.4 Å². The lowest BCUT2D eigenvalue weighted by molar-refractivity contribution is -0.148. The fraction of sp³-hybridized carbons (Fsp3) is 0.690. The fourth-order valence-corrected chi connectivity index (χ4v) is 4.43. The van der Waals surface area contributed by atoms with E-state index >= 15 is 0 Å². The maximum Gasteiger partial charge on any atom is 0.254 e. The number of guanidine groups is 1. The Morgan fingerprint density at radius 3 is 1.86 bits per heavy atom. The van der Waals surface area contributed by atoms with Gasteiger partial charge in [0.2, 0.25) is 41.7 Å². The van der Waals surface area contributed by atoms with Crippen LogP contribution in [0.1, 0.15) is 66.7 Å².